The van der Waals surface area contributed by atoms with Crippen molar-refractivity contribution in [1.29, 1.82) is 0 Å². The Morgan fingerprint density at radius 2 is 1.32 bits per heavy atom. The van der Waals surface area contributed by atoms with Crippen LogP contribution in [-0.4, -0.2) is 30.2 Å². The highest BCUT2D eigenvalue weighted by atomic mass is 32.2. The zero-order valence-corrected chi connectivity index (χ0v) is 19.5. The molecular weight excluding hydrogens is 487 g/mol. The quantitative estimate of drug-likeness (QED) is 0.334. The maximum absolute atomic E-state index is 12.4. The molecule has 34 heavy (non-hydrogen) atoms. The summed E-state index contributed by atoms with van der Waals surface area (Å²) in [7, 11) is -3.36. The number of imidazole rings is 1. The van der Waals surface area contributed by atoms with Crippen LogP contribution in [0, 0.1) is 4.77 Å². The van der Waals surface area contributed by atoms with E-state index in [4.69, 9.17) is 12.2 Å². The molecular formula is C23H20F3N3O3S2. The molecule has 178 valence electrons. The Morgan fingerprint density at radius 1 is 0.853 bits per heavy atom. The summed E-state index contributed by atoms with van der Waals surface area (Å²) < 4.78 is 70.9. The number of benzene rings is 3. The van der Waals surface area contributed by atoms with Crippen molar-refractivity contribution >= 4 is 39.0 Å². The van der Waals surface area contributed by atoms with Crippen molar-refractivity contribution in [3.8, 4) is 5.75 Å². The Bertz CT molecular complexity index is 1470. The van der Waals surface area contributed by atoms with Crippen LogP contribution in [0.3, 0.4) is 0 Å². The van der Waals surface area contributed by atoms with Crippen molar-refractivity contribution in [1.82, 2.24) is 9.13 Å². The molecule has 0 spiro atoms. The molecule has 4 aromatic rings. The molecule has 0 saturated carbocycles. The molecule has 0 aliphatic rings. The molecule has 0 aliphatic carbocycles. The molecule has 1 N–H and O–H groups in total. The number of halogens is 3. The highest BCUT2D eigenvalue weighted by molar-refractivity contribution is 7.92. The number of anilines is 1. The van der Waals surface area contributed by atoms with Gasteiger partial charge in [0, 0.05) is 5.69 Å². The Balaban J connectivity index is 1.62. The van der Waals surface area contributed by atoms with Gasteiger partial charge in [-0.2, -0.15) is 0 Å². The molecule has 0 atom stereocenters. The molecule has 0 amide bonds. The average molecular weight is 508 g/mol. The number of para-hydroxylation sites is 2. The van der Waals surface area contributed by atoms with E-state index in [0.29, 0.717) is 23.5 Å². The number of ether oxygens (including phenoxy) is 1. The number of alkyl halides is 3. The van der Waals surface area contributed by atoms with Gasteiger partial charge in [-0.3, -0.25) is 4.72 Å². The second-order valence-corrected chi connectivity index (χ2v) is 9.82. The molecule has 0 saturated heterocycles. The molecule has 1 heterocycles. The van der Waals surface area contributed by atoms with Crippen LogP contribution in [0.5, 0.6) is 5.75 Å². The summed E-state index contributed by atoms with van der Waals surface area (Å²) in [5.41, 5.74) is 3.95. The zero-order chi connectivity index (χ0) is 24.5. The van der Waals surface area contributed by atoms with Gasteiger partial charge in [-0.05, 0) is 59.7 Å². The van der Waals surface area contributed by atoms with Crippen molar-refractivity contribution in [3.63, 3.8) is 0 Å². The van der Waals surface area contributed by atoms with E-state index >= 15 is 0 Å². The van der Waals surface area contributed by atoms with Gasteiger partial charge in [0.2, 0.25) is 10.0 Å². The Kier molecular flexibility index (Phi) is 6.41. The zero-order valence-electron chi connectivity index (χ0n) is 17.9. The lowest BCUT2D eigenvalue weighted by molar-refractivity contribution is -0.274. The fourth-order valence-electron chi connectivity index (χ4n) is 3.63. The molecule has 4 rings (SSSR count). The highest BCUT2D eigenvalue weighted by Crippen LogP contribution is 2.25. The van der Waals surface area contributed by atoms with Gasteiger partial charge < -0.3 is 13.9 Å². The summed E-state index contributed by atoms with van der Waals surface area (Å²) in [6.45, 7) is 0.833. The summed E-state index contributed by atoms with van der Waals surface area (Å²) in [5.74, 6) is -0.281. The first kappa shape index (κ1) is 23.8. The summed E-state index contributed by atoms with van der Waals surface area (Å²) >= 11 is 5.75. The lowest BCUT2D eigenvalue weighted by Gasteiger charge is -2.10. The standard InChI is InChI=1S/C23H20F3N3O3S2/c1-34(30,31)27-18-10-6-16(7-11-18)14-28-20-4-2-3-5-21(20)29(22(28)33)15-17-8-12-19(13-9-17)32-23(24,25)26/h2-13,27H,14-15H2,1H3. The molecule has 0 radical (unpaired) electrons. The van der Waals surface area contributed by atoms with Crippen LogP contribution in [-0.2, 0) is 23.1 Å². The van der Waals surface area contributed by atoms with Crippen LogP contribution in [0.25, 0.3) is 11.0 Å². The number of rotatable bonds is 7. The third kappa shape index (κ3) is 5.78. The molecule has 0 fully saturated rings. The maximum atomic E-state index is 12.4. The minimum absolute atomic E-state index is 0.281. The van der Waals surface area contributed by atoms with Crippen molar-refractivity contribution in [2.75, 3.05) is 11.0 Å². The first-order chi connectivity index (χ1) is 16.0. The van der Waals surface area contributed by atoms with E-state index in [-0.39, 0.29) is 5.75 Å². The smallest absolute Gasteiger partial charge is 0.406 e. The van der Waals surface area contributed by atoms with Crippen LogP contribution >= 0.6 is 12.2 Å². The van der Waals surface area contributed by atoms with Gasteiger partial charge in [-0.1, -0.05) is 36.4 Å². The number of nitrogens with one attached hydrogen (secondary N) is 1. The highest BCUT2D eigenvalue weighted by Gasteiger charge is 2.30. The van der Waals surface area contributed by atoms with Gasteiger partial charge in [0.15, 0.2) is 4.77 Å². The van der Waals surface area contributed by atoms with Gasteiger partial charge in [0.25, 0.3) is 0 Å². The number of hydrogen-bond acceptors (Lipinski definition) is 4. The van der Waals surface area contributed by atoms with E-state index < -0.39 is 16.4 Å². The topological polar surface area (TPSA) is 65.3 Å². The lowest BCUT2D eigenvalue weighted by Crippen LogP contribution is -2.17. The molecule has 0 aliphatic heterocycles. The average Bonchev–Trinajstić information content (AvgIpc) is 3.00. The Labute approximate surface area is 199 Å². The number of hydrogen-bond donors (Lipinski definition) is 1. The first-order valence-corrected chi connectivity index (χ1v) is 12.4. The van der Waals surface area contributed by atoms with E-state index in [1.165, 1.54) is 12.1 Å². The SMILES string of the molecule is CS(=O)(=O)Nc1ccc(Cn2c(=S)n(Cc3ccc(OC(F)(F)F)cc3)c3ccccc32)cc1. The van der Waals surface area contributed by atoms with Crippen LogP contribution in [0.1, 0.15) is 11.1 Å². The molecule has 0 bridgehead atoms. The largest absolute Gasteiger partial charge is 0.573 e. The first-order valence-electron chi connectivity index (χ1n) is 10.1. The van der Waals surface area contributed by atoms with E-state index in [0.717, 1.165) is 28.4 Å². The third-order valence-corrected chi connectivity index (χ3v) is 6.07. The fourth-order valence-corrected chi connectivity index (χ4v) is 4.52. The second-order valence-electron chi connectivity index (χ2n) is 7.71. The second kappa shape index (κ2) is 9.15. The van der Waals surface area contributed by atoms with E-state index in [1.54, 1.807) is 24.3 Å². The molecule has 3 aromatic carbocycles. The van der Waals surface area contributed by atoms with Gasteiger partial charge >= 0.3 is 6.36 Å². The molecule has 1 aromatic heterocycles. The van der Waals surface area contributed by atoms with Gasteiger partial charge in [-0.15, -0.1) is 13.2 Å². The van der Waals surface area contributed by atoms with E-state index in [1.807, 2.05) is 45.5 Å². The predicted octanol–water partition coefficient (Wildman–Crippen LogP) is 5.54. The fraction of sp³-hybridized carbons (Fsp3) is 0.174. The van der Waals surface area contributed by atoms with Gasteiger partial charge in [0.1, 0.15) is 5.75 Å². The van der Waals surface area contributed by atoms with Crippen LogP contribution in [0.15, 0.2) is 72.8 Å². The Morgan fingerprint density at radius 3 is 1.76 bits per heavy atom. The number of nitrogens with zero attached hydrogens (tertiary/aromatic N) is 2. The maximum Gasteiger partial charge on any atom is 0.573 e. The van der Waals surface area contributed by atoms with Crippen LogP contribution < -0.4 is 9.46 Å². The van der Waals surface area contributed by atoms with Crippen LogP contribution in [0.2, 0.25) is 0 Å². The molecule has 0 unspecified atom stereocenters. The van der Waals surface area contributed by atoms with Crippen molar-refractivity contribution in [2.24, 2.45) is 0 Å². The summed E-state index contributed by atoms with van der Waals surface area (Å²) in [4.78, 5) is 0. The predicted molar refractivity (Wildman–Crippen MR) is 127 cm³/mol. The summed E-state index contributed by atoms with van der Waals surface area (Å²) in [5, 5.41) is 0. The monoisotopic (exact) mass is 507 g/mol. The normalized spacial score (nSPS) is 12.1. The van der Waals surface area contributed by atoms with Crippen LogP contribution in [0.4, 0.5) is 18.9 Å². The van der Waals surface area contributed by atoms with Crippen molar-refractivity contribution in [2.45, 2.75) is 19.5 Å². The number of sulfonamides is 1. The summed E-state index contributed by atoms with van der Waals surface area (Å²) in [6, 6.07) is 20.4. The Hall–Kier alpha value is -3.31. The minimum Gasteiger partial charge on any atom is -0.406 e. The molecule has 11 heteroatoms. The van der Waals surface area contributed by atoms with Crippen molar-refractivity contribution < 1.29 is 26.3 Å². The third-order valence-electron chi connectivity index (χ3n) is 5.02. The number of fused-ring (bicyclic) bond motifs is 1. The minimum atomic E-state index is -4.74. The van der Waals surface area contributed by atoms with Gasteiger partial charge in [-0.25, -0.2) is 8.42 Å². The van der Waals surface area contributed by atoms with E-state index in [2.05, 4.69) is 9.46 Å². The number of aromatic nitrogens is 2. The van der Waals surface area contributed by atoms with Crippen molar-refractivity contribution in [3.05, 3.63) is 88.7 Å². The summed E-state index contributed by atoms with van der Waals surface area (Å²) in [6.07, 6.45) is -3.65. The molecule has 6 nitrogen and oxygen atoms in total. The van der Waals surface area contributed by atoms with Gasteiger partial charge in [0.05, 0.1) is 30.4 Å². The lowest BCUT2D eigenvalue weighted by atomic mass is 10.2. The van der Waals surface area contributed by atoms with E-state index in [9.17, 15) is 21.6 Å².